The molecule has 1 aromatic carbocycles. The fourth-order valence-electron chi connectivity index (χ4n) is 4.33. The lowest BCUT2D eigenvalue weighted by molar-refractivity contribution is -0.0695. The average molecular weight is 446 g/mol. The number of aromatic nitrogens is 3. The van der Waals surface area contributed by atoms with Crippen LogP contribution in [0.15, 0.2) is 59.5 Å². The van der Waals surface area contributed by atoms with E-state index in [1.807, 2.05) is 18.2 Å². The van der Waals surface area contributed by atoms with Gasteiger partial charge in [0.05, 0.1) is 5.60 Å². The Morgan fingerprint density at radius 1 is 1.18 bits per heavy atom. The van der Waals surface area contributed by atoms with Gasteiger partial charge in [-0.15, -0.1) is 0 Å². The van der Waals surface area contributed by atoms with Crippen LogP contribution in [0.4, 0.5) is 0 Å². The van der Waals surface area contributed by atoms with Crippen LogP contribution in [0, 0.1) is 0 Å². The van der Waals surface area contributed by atoms with E-state index < -0.39 is 0 Å². The first-order valence-corrected chi connectivity index (χ1v) is 11.2. The molecule has 8 nitrogen and oxygen atoms in total. The van der Waals surface area contributed by atoms with E-state index in [4.69, 9.17) is 4.74 Å². The number of ether oxygens (including phenoxy) is 1. The van der Waals surface area contributed by atoms with Crippen LogP contribution in [0.3, 0.4) is 0 Å². The fraction of sp³-hybridized carbons (Fsp3) is 0.320. The Kier molecular flexibility index (Phi) is 5.70. The Bertz CT molecular complexity index is 1360. The van der Waals surface area contributed by atoms with E-state index in [2.05, 4.69) is 26.7 Å². The van der Waals surface area contributed by atoms with E-state index in [1.54, 1.807) is 31.5 Å². The van der Waals surface area contributed by atoms with E-state index in [0.29, 0.717) is 12.2 Å². The number of fused-ring (bicyclic) bond motifs is 2. The number of pyridine rings is 1. The molecule has 1 aliphatic carbocycles. The van der Waals surface area contributed by atoms with Crippen LogP contribution in [0.2, 0.25) is 0 Å². The summed E-state index contributed by atoms with van der Waals surface area (Å²) in [5.74, 6) is -0.377. The third kappa shape index (κ3) is 4.40. The van der Waals surface area contributed by atoms with Crippen molar-refractivity contribution in [2.45, 2.75) is 38.0 Å². The van der Waals surface area contributed by atoms with Crippen LogP contribution < -0.4 is 16.2 Å². The molecule has 0 aliphatic heterocycles. The van der Waals surface area contributed by atoms with Crippen LogP contribution in [0.1, 0.15) is 41.0 Å². The number of amides is 1. The van der Waals surface area contributed by atoms with E-state index >= 15 is 0 Å². The van der Waals surface area contributed by atoms with Crippen LogP contribution in [0.5, 0.6) is 0 Å². The number of nitrogens with zero attached hydrogens (tertiary/aromatic N) is 2. The molecule has 0 spiro atoms. The van der Waals surface area contributed by atoms with Gasteiger partial charge >= 0.3 is 0 Å². The zero-order valence-electron chi connectivity index (χ0n) is 18.6. The highest BCUT2D eigenvalue weighted by molar-refractivity contribution is 5.92. The summed E-state index contributed by atoms with van der Waals surface area (Å²) >= 11 is 0. The Morgan fingerprint density at radius 3 is 2.85 bits per heavy atom. The van der Waals surface area contributed by atoms with Gasteiger partial charge in [-0.25, -0.2) is 4.98 Å². The lowest BCUT2D eigenvalue weighted by Gasteiger charge is -2.40. The molecule has 3 aromatic heterocycles. The number of benzene rings is 1. The van der Waals surface area contributed by atoms with Crippen molar-refractivity contribution >= 4 is 22.5 Å². The minimum atomic E-state index is -0.377. The van der Waals surface area contributed by atoms with Gasteiger partial charge < -0.3 is 20.4 Å². The SMILES string of the molecule is COC1(CNCc2cc3ccc(CNC(=O)c4cc(=O)n5ccccc5n4)cc3[nH]2)CCC1. The summed E-state index contributed by atoms with van der Waals surface area (Å²) in [5, 5.41) is 7.48. The smallest absolute Gasteiger partial charge is 0.270 e. The van der Waals surface area contributed by atoms with Gasteiger partial charge in [-0.2, -0.15) is 0 Å². The highest BCUT2D eigenvalue weighted by atomic mass is 16.5. The van der Waals surface area contributed by atoms with Crippen LogP contribution >= 0.6 is 0 Å². The van der Waals surface area contributed by atoms with Crippen molar-refractivity contribution in [2.24, 2.45) is 0 Å². The maximum Gasteiger partial charge on any atom is 0.270 e. The molecule has 4 aromatic rings. The van der Waals surface area contributed by atoms with Gasteiger partial charge in [-0.3, -0.25) is 14.0 Å². The molecule has 0 saturated heterocycles. The third-order valence-electron chi connectivity index (χ3n) is 6.46. The monoisotopic (exact) mass is 445 g/mol. The molecule has 0 bridgehead atoms. The summed E-state index contributed by atoms with van der Waals surface area (Å²) in [6, 6.07) is 14.7. The molecule has 0 unspecified atom stereocenters. The predicted octanol–water partition coefficient (Wildman–Crippen LogP) is 2.76. The molecule has 1 fully saturated rings. The van der Waals surface area contributed by atoms with E-state index in [1.165, 1.54) is 16.9 Å². The molecule has 0 atom stereocenters. The summed E-state index contributed by atoms with van der Waals surface area (Å²) in [6.45, 7) is 1.94. The Morgan fingerprint density at radius 2 is 2.06 bits per heavy atom. The first-order valence-electron chi connectivity index (χ1n) is 11.2. The minimum Gasteiger partial charge on any atom is -0.377 e. The molecule has 1 amide bonds. The maximum atomic E-state index is 12.6. The lowest BCUT2D eigenvalue weighted by atomic mass is 9.80. The first-order chi connectivity index (χ1) is 16.0. The number of H-pyrrole nitrogens is 1. The molecule has 33 heavy (non-hydrogen) atoms. The molecule has 170 valence electrons. The molecular formula is C25H27N5O3. The largest absolute Gasteiger partial charge is 0.377 e. The van der Waals surface area contributed by atoms with Gasteiger partial charge in [0.15, 0.2) is 0 Å². The molecule has 1 saturated carbocycles. The van der Waals surface area contributed by atoms with E-state index in [0.717, 1.165) is 48.1 Å². The zero-order valence-corrected chi connectivity index (χ0v) is 18.6. The summed E-state index contributed by atoms with van der Waals surface area (Å²) < 4.78 is 7.07. The summed E-state index contributed by atoms with van der Waals surface area (Å²) in [7, 11) is 1.79. The molecule has 3 N–H and O–H groups in total. The number of rotatable bonds is 8. The molecule has 0 radical (unpaired) electrons. The number of methoxy groups -OCH3 is 1. The normalized spacial score (nSPS) is 14.9. The third-order valence-corrected chi connectivity index (χ3v) is 6.46. The van der Waals surface area contributed by atoms with Crippen LogP contribution in [-0.2, 0) is 17.8 Å². The van der Waals surface area contributed by atoms with E-state index in [9.17, 15) is 9.59 Å². The highest BCUT2D eigenvalue weighted by Crippen LogP contribution is 2.34. The van der Waals surface area contributed by atoms with Crippen molar-refractivity contribution in [3.8, 4) is 0 Å². The Labute approximate surface area is 191 Å². The summed E-state index contributed by atoms with van der Waals surface area (Å²) in [6.07, 6.45) is 5.09. The molecular weight excluding hydrogens is 418 g/mol. The standard InChI is InChI=1S/C25H27N5O3/c1-33-25(8-4-9-25)16-26-15-19-12-18-7-6-17(11-20(18)28-19)14-27-24(32)21-13-23(31)30-10-3-2-5-22(30)29-21/h2-3,5-7,10-13,26,28H,4,8-9,14-16H2,1H3,(H,27,32). The lowest BCUT2D eigenvalue weighted by Crippen LogP contribution is -2.47. The second kappa shape index (κ2) is 8.80. The van der Waals surface area contributed by atoms with Crippen molar-refractivity contribution in [3.05, 3.63) is 82.0 Å². The topological polar surface area (TPSA) is 101 Å². The molecule has 5 rings (SSSR count). The number of aromatic amines is 1. The van der Waals surface area contributed by atoms with Gasteiger partial charge in [0.1, 0.15) is 11.3 Å². The van der Waals surface area contributed by atoms with Crippen LogP contribution in [0.25, 0.3) is 16.6 Å². The highest BCUT2D eigenvalue weighted by Gasteiger charge is 2.36. The van der Waals surface area contributed by atoms with Gasteiger partial charge in [0, 0.05) is 50.2 Å². The van der Waals surface area contributed by atoms with Gasteiger partial charge in [-0.05, 0) is 54.5 Å². The second-order valence-electron chi connectivity index (χ2n) is 8.65. The minimum absolute atomic E-state index is 0.00281. The summed E-state index contributed by atoms with van der Waals surface area (Å²) in [4.78, 5) is 32.6. The second-order valence-corrected chi connectivity index (χ2v) is 8.65. The van der Waals surface area contributed by atoms with Crippen molar-refractivity contribution < 1.29 is 9.53 Å². The van der Waals surface area contributed by atoms with Crippen molar-refractivity contribution in [1.82, 2.24) is 25.0 Å². The number of hydrogen-bond acceptors (Lipinski definition) is 5. The quantitative estimate of drug-likeness (QED) is 0.387. The molecule has 8 heteroatoms. The number of carbonyl (C=O) groups is 1. The molecule has 1 aliphatic rings. The summed E-state index contributed by atoms with van der Waals surface area (Å²) in [5.41, 5.74) is 3.36. The maximum absolute atomic E-state index is 12.6. The Hall–Kier alpha value is -3.49. The Balaban J connectivity index is 1.22. The fourth-order valence-corrected chi connectivity index (χ4v) is 4.33. The first kappa shape index (κ1) is 21.4. The number of hydrogen-bond donors (Lipinski definition) is 3. The van der Waals surface area contributed by atoms with Gasteiger partial charge in [0.25, 0.3) is 11.5 Å². The van der Waals surface area contributed by atoms with Gasteiger partial charge in [0.2, 0.25) is 0 Å². The molecule has 3 heterocycles. The van der Waals surface area contributed by atoms with Crippen molar-refractivity contribution in [3.63, 3.8) is 0 Å². The van der Waals surface area contributed by atoms with Crippen molar-refractivity contribution in [2.75, 3.05) is 13.7 Å². The predicted molar refractivity (Wildman–Crippen MR) is 126 cm³/mol. The number of nitrogens with one attached hydrogen (secondary N) is 3. The van der Waals surface area contributed by atoms with Crippen molar-refractivity contribution in [1.29, 1.82) is 0 Å². The number of carbonyl (C=O) groups excluding carboxylic acids is 1. The van der Waals surface area contributed by atoms with E-state index in [-0.39, 0.29) is 22.8 Å². The average Bonchev–Trinajstić information content (AvgIpc) is 3.21. The van der Waals surface area contributed by atoms with Crippen LogP contribution in [-0.4, -0.2) is 39.5 Å². The zero-order chi connectivity index (χ0) is 22.8. The van der Waals surface area contributed by atoms with Gasteiger partial charge in [-0.1, -0.05) is 18.2 Å².